The van der Waals surface area contributed by atoms with Gasteiger partial charge in [0.1, 0.15) is 0 Å². The van der Waals surface area contributed by atoms with Gasteiger partial charge in [-0.2, -0.15) is 0 Å². The molecule has 20 heavy (non-hydrogen) atoms. The molecule has 0 heterocycles. The van der Waals surface area contributed by atoms with E-state index in [1.54, 1.807) is 0 Å². The molecule has 4 heteroatoms. The van der Waals surface area contributed by atoms with Crippen LogP contribution in [0.15, 0.2) is 60.7 Å². The van der Waals surface area contributed by atoms with Crippen molar-refractivity contribution in [3.05, 3.63) is 60.7 Å². The summed E-state index contributed by atoms with van der Waals surface area (Å²) in [6.07, 6.45) is 0. The van der Waals surface area contributed by atoms with Crippen LogP contribution in [-0.2, 0) is 9.05 Å². The van der Waals surface area contributed by atoms with Gasteiger partial charge in [-0.25, -0.2) is 0 Å². The molecular formula is C16H21O3P. The van der Waals surface area contributed by atoms with Crippen molar-refractivity contribution in [2.75, 3.05) is 13.2 Å². The second kappa shape index (κ2) is 6.02. The molecule has 0 fully saturated rings. The number of rotatable bonds is 6. The summed E-state index contributed by atoms with van der Waals surface area (Å²) in [7, 11) is -4.04. The van der Waals surface area contributed by atoms with Gasteiger partial charge < -0.3 is 0 Å². The minimum absolute atomic E-state index is 0.373. The minimum atomic E-state index is -4.04. The van der Waals surface area contributed by atoms with Crippen molar-refractivity contribution in [2.24, 2.45) is 0 Å². The summed E-state index contributed by atoms with van der Waals surface area (Å²) in [5.41, 5.74) is 0. The van der Waals surface area contributed by atoms with Crippen molar-refractivity contribution < 1.29 is 13.9 Å². The van der Waals surface area contributed by atoms with E-state index in [0.717, 1.165) is 0 Å². The summed E-state index contributed by atoms with van der Waals surface area (Å²) in [4.78, 5) is 11.6. The second-order valence-electron chi connectivity index (χ2n) is 4.42. The van der Waals surface area contributed by atoms with Gasteiger partial charge in [-0.1, -0.05) is 0 Å². The van der Waals surface area contributed by atoms with Gasteiger partial charge >= 0.3 is 120 Å². The van der Waals surface area contributed by atoms with Crippen LogP contribution in [0, 0.1) is 0 Å². The first kappa shape index (κ1) is 15.1. The fraction of sp³-hybridized carbons (Fsp3) is 0.250. The fourth-order valence-corrected chi connectivity index (χ4v) is 5.67. The van der Waals surface area contributed by atoms with Crippen molar-refractivity contribution in [1.82, 2.24) is 0 Å². The standard InChI is InChI=1S/C16H21O3P/c1-3-18-20(17,19-4-2,15-11-7-5-8-12-15)16-13-9-6-10-14-16/h5-14,17H,3-4H2,1-2H3. The van der Waals surface area contributed by atoms with E-state index in [1.165, 1.54) is 0 Å². The Morgan fingerprint density at radius 2 is 1.10 bits per heavy atom. The molecule has 1 N–H and O–H groups in total. The Hall–Kier alpha value is -1.25. The zero-order chi connectivity index (χ0) is 14.5. The third-order valence-electron chi connectivity index (χ3n) is 3.16. The van der Waals surface area contributed by atoms with Crippen LogP contribution in [0.3, 0.4) is 0 Å². The van der Waals surface area contributed by atoms with Gasteiger partial charge in [0.25, 0.3) is 0 Å². The predicted molar refractivity (Wildman–Crippen MR) is 84.5 cm³/mol. The molecule has 0 bridgehead atoms. The number of benzene rings is 2. The predicted octanol–water partition coefficient (Wildman–Crippen LogP) is 3.00. The van der Waals surface area contributed by atoms with Gasteiger partial charge in [0.05, 0.1) is 0 Å². The zero-order valence-corrected chi connectivity index (χ0v) is 12.8. The van der Waals surface area contributed by atoms with E-state index in [-0.39, 0.29) is 0 Å². The molecule has 0 aliphatic carbocycles. The summed E-state index contributed by atoms with van der Waals surface area (Å²) >= 11 is 0. The van der Waals surface area contributed by atoms with Crippen LogP contribution in [-0.4, -0.2) is 18.1 Å². The molecule has 0 saturated heterocycles. The van der Waals surface area contributed by atoms with Crippen LogP contribution in [0.25, 0.3) is 0 Å². The van der Waals surface area contributed by atoms with Crippen LogP contribution in [0.4, 0.5) is 0 Å². The molecule has 0 spiro atoms. The maximum atomic E-state index is 11.6. The first-order valence-electron chi connectivity index (χ1n) is 6.83. The summed E-state index contributed by atoms with van der Waals surface area (Å²) < 4.78 is 11.8. The molecule has 108 valence electrons. The molecule has 3 nitrogen and oxygen atoms in total. The van der Waals surface area contributed by atoms with E-state index >= 15 is 0 Å². The normalized spacial score (nSPS) is 13.7. The van der Waals surface area contributed by atoms with Crippen molar-refractivity contribution >= 4 is 17.9 Å². The first-order valence-corrected chi connectivity index (χ1v) is 8.85. The van der Waals surface area contributed by atoms with Crippen LogP contribution < -0.4 is 10.6 Å². The molecule has 0 aliphatic heterocycles. The second-order valence-corrected chi connectivity index (χ2v) is 7.80. The van der Waals surface area contributed by atoms with Crippen molar-refractivity contribution in [2.45, 2.75) is 13.8 Å². The summed E-state index contributed by atoms with van der Waals surface area (Å²) in [6.45, 7) is 4.47. The topological polar surface area (TPSA) is 38.7 Å². The van der Waals surface area contributed by atoms with Crippen LogP contribution in [0.2, 0.25) is 0 Å². The van der Waals surface area contributed by atoms with Crippen LogP contribution in [0.1, 0.15) is 13.8 Å². The fourth-order valence-electron chi connectivity index (χ4n) is 2.35. The average molecular weight is 292 g/mol. The Labute approximate surface area is 120 Å². The van der Waals surface area contributed by atoms with Crippen molar-refractivity contribution in [3.63, 3.8) is 0 Å². The van der Waals surface area contributed by atoms with Gasteiger partial charge in [-0.3, -0.25) is 0 Å². The Morgan fingerprint density at radius 1 is 0.750 bits per heavy atom. The molecule has 0 saturated carbocycles. The van der Waals surface area contributed by atoms with E-state index in [4.69, 9.17) is 9.05 Å². The van der Waals surface area contributed by atoms with Crippen molar-refractivity contribution in [1.29, 1.82) is 0 Å². The SMILES string of the molecule is CCOP(O)(OCC)(c1ccccc1)c1ccccc1. The van der Waals surface area contributed by atoms with Gasteiger partial charge in [0.2, 0.25) is 0 Å². The van der Waals surface area contributed by atoms with Gasteiger partial charge in [-0.05, 0) is 0 Å². The Bertz CT molecular complexity index is 493. The molecule has 2 aromatic rings. The van der Waals surface area contributed by atoms with E-state index in [0.29, 0.717) is 23.8 Å². The molecular weight excluding hydrogens is 271 g/mol. The number of hydrogen-bond donors (Lipinski definition) is 1. The van der Waals surface area contributed by atoms with E-state index in [9.17, 15) is 4.89 Å². The third kappa shape index (κ3) is 2.50. The number of hydrogen-bond acceptors (Lipinski definition) is 3. The average Bonchev–Trinajstić information content (AvgIpc) is 2.50. The molecule has 0 amide bonds. The molecule has 0 radical (unpaired) electrons. The molecule has 0 atom stereocenters. The summed E-state index contributed by atoms with van der Waals surface area (Å²) in [5, 5.41) is 1.38. The van der Waals surface area contributed by atoms with Crippen molar-refractivity contribution in [3.8, 4) is 0 Å². The van der Waals surface area contributed by atoms with E-state index in [2.05, 4.69) is 0 Å². The van der Waals surface area contributed by atoms with Crippen LogP contribution >= 0.6 is 7.28 Å². The van der Waals surface area contributed by atoms with Gasteiger partial charge in [0.15, 0.2) is 0 Å². The van der Waals surface area contributed by atoms with Gasteiger partial charge in [0, 0.05) is 0 Å². The quantitative estimate of drug-likeness (QED) is 0.832. The Kier molecular flexibility index (Phi) is 4.56. The molecule has 2 rings (SSSR count). The van der Waals surface area contributed by atoms with Crippen LogP contribution in [0.5, 0.6) is 0 Å². The molecule has 0 aromatic heterocycles. The van der Waals surface area contributed by atoms with E-state index < -0.39 is 7.28 Å². The molecule has 0 unspecified atom stereocenters. The monoisotopic (exact) mass is 292 g/mol. The van der Waals surface area contributed by atoms with E-state index in [1.807, 2.05) is 74.5 Å². The molecule has 2 aromatic carbocycles. The summed E-state index contributed by atoms with van der Waals surface area (Å²) in [5.74, 6) is 0. The first-order chi connectivity index (χ1) is 9.64. The Morgan fingerprint density at radius 3 is 1.40 bits per heavy atom. The maximum absolute atomic E-state index is 11.6. The third-order valence-corrected chi connectivity index (χ3v) is 7.05. The molecule has 0 aliphatic rings. The summed E-state index contributed by atoms with van der Waals surface area (Å²) in [6, 6.07) is 18.8. The zero-order valence-electron chi connectivity index (χ0n) is 11.9. The Balaban J connectivity index is 2.70. The van der Waals surface area contributed by atoms with Gasteiger partial charge in [-0.15, -0.1) is 0 Å².